The van der Waals surface area contributed by atoms with E-state index < -0.39 is 0 Å². The van der Waals surface area contributed by atoms with E-state index in [-0.39, 0.29) is 0 Å². The van der Waals surface area contributed by atoms with Crippen molar-refractivity contribution in [1.82, 2.24) is 5.32 Å². The highest BCUT2D eigenvalue weighted by Gasteiger charge is 2.20. The summed E-state index contributed by atoms with van der Waals surface area (Å²) in [5.41, 5.74) is 0. The summed E-state index contributed by atoms with van der Waals surface area (Å²) in [7, 11) is 2.05. The van der Waals surface area contributed by atoms with Crippen LogP contribution in [-0.2, 0) is 4.74 Å². The van der Waals surface area contributed by atoms with Crippen molar-refractivity contribution in [3.63, 3.8) is 0 Å². The molecule has 0 aliphatic carbocycles. The molecule has 0 spiro atoms. The van der Waals surface area contributed by atoms with Crippen LogP contribution >= 0.6 is 0 Å². The molecule has 2 unspecified atom stereocenters. The summed E-state index contributed by atoms with van der Waals surface area (Å²) in [5, 5.41) is 3.34. The Balaban J connectivity index is 2.11. The van der Waals surface area contributed by atoms with Gasteiger partial charge in [0, 0.05) is 12.6 Å². The molecule has 0 aromatic carbocycles. The van der Waals surface area contributed by atoms with Crippen LogP contribution in [0.15, 0.2) is 0 Å². The summed E-state index contributed by atoms with van der Waals surface area (Å²) in [4.78, 5) is 0. The summed E-state index contributed by atoms with van der Waals surface area (Å²) >= 11 is 0. The van der Waals surface area contributed by atoms with Crippen LogP contribution in [0.2, 0.25) is 0 Å². The summed E-state index contributed by atoms with van der Waals surface area (Å²) in [6.45, 7) is 3.19. The lowest BCUT2D eigenvalue weighted by molar-refractivity contribution is -0.00287. The maximum absolute atomic E-state index is 5.72. The number of unbranched alkanes of at least 4 members (excludes halogenated alkanes) is 2. The average Bonchev–Trinajstić information content (AvgIpc) is 2.19. The molecule has 1 aliphatic heterocycles. The first-order chi connectivity index (χ1) is 6.36. The van der Waals surface area contributed by atoms with Gasteiger partial charge < -0.3 is 10.1 Å². The lowest BCUT2D eigenvalue weighted by Crippen LogP contribution is -2.36. The van der Waals surface area contributed by atoms with E-state index in [0.717, 1.165) is 6.61 Å². The number of hydrogen-bond donors (Lipinski definition) is 1. The van der Waals surface area contributed by atoms with Crippen LogP contribution in [0.1, 0.15) is 45.4 Å². The van der Waals surface area contributed by atoms with Gasteiger partial charge in [-0.15, -0.1) is 0 Å². The predicted octanol–water partition coefficient (Wildman–Crippen LogP) is 2.33. The van der Waals surface area contributed by atoms with Crippen LogP contribution in [0, 0.1) is 0 Å². The number of hydrogen-bond acceptors (Lipinski definition) is 2. The lowest BCUT2D eigenvalue weighted by atomic mass is 9.99. The van der Waals surface area contributed by atoms with E-state index in [9.17, 15) is 0 Å². The molecule has 1 aliphatic rings. The van der Waals surface area contributed by atoms with E-state index in [4.69, 9.17) is 4.74 Å². The van der Waals surface area contributed by atoms with Crippen molar-refractivity contribution in [2.45, 2.75) is 57.6 Å². The topological polar surface area (TPSA) is 21.3 Å². The fourth-order valence-corrected chi connectivity index (χ4v) is 1.97. The van der Waals surface area contributed by atoms with E-state index in [1.165, 1.54) is 38.5 Å². The van der Waals surface area contributed by atoms with Crippen LogP contribution in [0.4, 0.5) is 0 Å². The van der Waals surface area contributed by atoms with Gasteiger partial charge in [0.2, 0.25) is 0 Å². The van der Waals surface area contributed by atoms with Gasteiger partial charge in [-0.25, -0.2) is 0 Å². The second-order valence-corrected chi connectivity index (χ2v) is 4.00. The van der Waals surface area contributed by atoms with Gasteiger partial charge in [-0.3, -0.25) is 0 Å². The standard InChI is InChI=1S/C11H23NO/c1-3-4-5-6-11-9-10(12-2)7-8-13-11/h10-12H,3-9H2,1-2H3. The van der Waals surface area contributed by atoms with E-state index in [1.54, 1.807) is 0 Å². The van der Waals surface area contributed by atoms with E-state index >= 15 is 0 Å². The number of rotatable bonds is 5. The number of nitrogens with one attached hydrogen (secondary N) is 1. The van der Waals surface area contributed by atoms with Crippen molar-refractivity contribution >= 4 is 0 Å². The molecule has 1 saturated heterocycles. The van der Waals surface area contributed by atoms with Crippen LogP contribution < -0.4 is 5.32 Å². The molecule has 0 saturated carbocycles. The Hall–Kier alpha value is -0.0800. The normalized spacial score (nSPS) is 29.1. The summed E-state index contributed by atoms with van der Waals surface area (Å²) in [5.74, 6) is 0. The van der Waals surface area contributed by atoms with E-state index in [1.807, 2.05) is 0 Å². The molecule has 0 radical (unpaired) electrons. The van der Waals surface area contributed by atoms with Gasteiger partial charge >= 0.3 is 0 Å². The molecule has 1 fully saturated rings. The molecule has 2 atom stereocenters. The molecule has 1 N–H and O–H groups in total. The van der Waals surface area contributed by atoms with E-state index in [0.29, 0.717) is 12.1 Å². The molecule has 1 heterocycles. The molecule has 0 aromatic rings. The monoisotopic (exact) mass is 185 g/mol. The third kappa shape index (κ3) is 4.10. The van der Waals surface area contributed by atoms with Gasteiger partial charge in [0.1, 0.15) is 0 Å². The van der Waals surface area contributed by atoms with E-state index in [2.05, 4.69) is 19.3 Å². The lowest BCUT2D eigenvalue weighted by Gasteiger charge is -2.29. The fourth-order valence-electron chi connectivity index (χ4n) is 1.97. The molecule has 0 bridgehead atoms. The molecule has 2 nitrogen and oxygen atoms in total. The molecule has 0 amide bonds. The van der Waals surface area contributed by atoms with Gasteiger partial charge in [-0.2, -0.15) is 0 Å². The molecule has 2 heteroatoms. The summed E-state index contributed by atoms with van der Waals surface area (Å²) in [6.07, 6.45) is 8.16. The van der Waals surface area contributed by atoms with Crippen molar-refractivity contribution in [1.29, 1.82) is 0 Å². The van der Waals surface area contributed by atoms with Crippen molar-refractivity contribution in [2.75, 3.05) is 13.7 Å². The SMILES string of the molecule is CCCCCC1CC(NC)CCO1. The fraction of sp³-hybridized carbons (Fsp3) is 1.00. The minimum Gasteiger partial charge on any atom is -0.378 e. The first-order valence-corrected chi connectivity index (χ1v) is 5.65. The average molecular weight is 185 g/mol. The van der Waals surface area contributed by atoms with Gasteiger partial charge in [0.05, 0.1) is 6.10 Å². The van der Waals surface area contributed by atoms with Crippen molar-refractivity contribution < 1.29 is 4.74 Å². The van der Waals surface area contributed by atoms with Crippen molar-refractivity contribution in [3.8, 4) is 0 Å². The Morgan fingerprint density at radius 3 is 2.92 bits per heavy atom. The van der Waals surface area contributed by atoms with Crippen molar-refractivity contribution in [3.05, 3.63) is 0 Å². The quantitative estimate of drug-likeness (QED) is 0.664. The highest BCUT2D eigenvalue weighted by molar-refractivity contribution is 4.75. The first kappa shape index (κ1) is 11.0. The zero-order valence-electron chi connectivity index (χ0n) is 9.01. The van der Waals surface area contributed by atoms with Crippen LogP contribution in [0.3, 0.4) is 0 Å². The predicted molar refractivity (Wildman–Crippen MR) is 56.0 cm³/mol. The zero-order valence-corrected chi connectivity index (χ0v) is 9.01. The van der Waals surface area contributed by atoms with Crippen LogP contribution in [0.5, 0.6) is 0 Å². The molecular weight excluding hydrogens is 162 g/mol. The van der Waals surface area contributed by atoms with Crippen molar-refractivity contribution in [2.24, 2.45) is 0 Å². The molecule has 0 aromatic heterocycles. The highest BCUT2D eigenvalue weighted by atomic mass is 16.5. The first-order valence-electron chi connectivity index (χ1n) is 5.65. The van der Waals surface area contributed by atoms with Crippen LogP contribution in [-0.4, -0.2) is 25.8 Å². The maximum Gasteiger partial charge on any atom is 0.0590 e. The van der Waals surface area contributed by atoms with Gasteiger partial charge in [0.25, 0.3) is 0 Å². The minimum absolute atomic E-state index is 0.526. The third-order valence-electron chi connectivity index (χ3n) is 2.91. The third-order valence-corrected chi connectivity index (χ3v) is 2.91. The Bertz CT molecular complexity index is 127. The zero-order chi connectivity index (χ0) is 9.52. The molecular formula is C11H23NO. The molecule has 78 valence electrons. The molecule has 13 heavy (non-hydrogen) atoms. The van der Waals surface area contributed by atoms with Gasteiger partial charge in [-0.05, 0) is 26.3 Å². The minimum atomic E-state index is 0.526. The Kier molecular flexibility index (Phi) is 5.40. The number of ether oxygens (including phenoxy) is 1. The highest BCUT2D eigenvalue weighted by Crippen LogP contribution is 2.18. The molecule has 1 rings (SSSR count). The largest absolute Gasteiger partial charge is 0.378 e. The van der Waals surface area contributed by atoms with Gasteiger partial charge in [-0.1, -0.05) is 26.2 Å². The summed E-state index contributed by atoms with van der Waals surface area (Å²) in [6, 6.07) is 0.695. The maximum atomic E-state index is 5.72. The Morgan fingerprint density at radius 1 is 1.38 bits per heavy atom. The Labute approximate surface area is 82.0 Å². The Morgan fingerprint density at radius 2 is 2.23 bits per heavy atom. The second kappa shape index (κ2) is 6.39. The van der Waals surface area contributed by atoms with Gasteiger partial charge in [0.15, 0.2) is 0 Å². The smallest absolute Gasteiger partial charge is 0.0590 e. The van der Waals surface area contributed by atoms with Crippen LogP contribution in [0.25, 0.3) is 0 Å². The summed E-state index contributed by atoms with van der Waals surface area (Å²) < 4.78 is 5.72. The second-order valence-electron chi connectivity index (χ2n) is 4.00.